The molecule has 0 N–H and O–H groups in total. The van der Waals surface area contributed by atoms with Crippen LogP contribution in [0.15, 0.2) is 36.4 Å². The van der Waals surface area contributed by atoms with Gasteiger partial charge in [0.2, 0.25) is 5.91 Å². The van der Waals surface area contributed by atoms with E-state index in [1.807, 2.05) is 17.0 Å². The van der Waals surface area contributed by atoms with E-state index in [9.17, 15) is 4.79 Å². The molecule has 2 aromatic carbocycles. The summed E-state index contributed by atoms with van der Waals surface area (Å²) in [5.74, 6) is 1.03. The number of benzene rings is 2. The highest BCUT2D eigenvalue weighted by Gasteiger charge is 2.27. The molecule has 6 heteroatoms. The van der Waals surface area contributed by atoms with Crippen LogP contribution in [0.1, 0.15) is 11.7 Å². The predicted molar refractivity (Wildman–Crippen MR) is 103 cm³/mol. The molecule has 0 saturated carbocycles. The number of hydrogen-bond donors (Lipinski definition) is 0. The molecule has 0 unspecified atom stereocenters. The van der Waals surface area contributed by atoms with Crippen molar-refractivity contribution in [2.24, 2.45) is 0 Å². The van der Waals surface area contributed by atoms with E-state index in [-0.39, 0.29) is 12.0 Å². The third kappa shape index (κ3) is 4.24. The highest BCUT2D eigenvalue weighted by Crippen LogP contribution is 2.28. The van der Waals surface area contributed by atoms with Crippen LogP contribution in [0.25, 0.3) is 10.8 Å². The van der Waals surface area contributed by atoms with Crippen LogP contribution in [0.2, 0.25) is 0 Å². The van der Waals surface area contributed by atoms with Gasteiger partial charge in [0.15, 0.2) is 0 Å². The molecule has 2 fully saturated rings. The fraction of sp³-hybridized carbons (Fsp3) is 0.476. The normalized spacial score (nSPS) is 21.4. The Morgan fingerprint density at radius 1 is 1.07 bits per heavy atom. The lowest BCUT2D eigenvalue weighted by atomic mass is 10.0. The zero-order chi connectivity index (χ0) is 18.6. The zero-order valence-corrected chi connectivity index (χ0v) is 15.7. The lowest BCUT2D eigenvalue weighted by Crippen LogP contribution is -2.48. The second-order valence-electron chi connectivity index (χ2n) is 7.06. The number of fused-ring (bicyclic) bond motifs is 1. The molecular weight excluding hydrogens is 344 g/mol. The Labute approximate surface area is 159 Å². The van der Waals surface area contributed by atoms with E-state index >= 15 is 0 Å². The highest BCUT2D eigenvalue weighted by molar-refractivity contribution is 5.84. The molecule has 0 aliphatic carbocycles. The van der Waals surface area contributed by atoms with Crippen LogP contribution < -0.4 is 4.74 Å². The van der Waals surface area contributed by atoms with Crippen LogP contribution in [-0.4, -0.2) is 75.4 Å². The Hall–Kier alpha value is -2.15. The van der Waals surface area contributed by atoms with Crippen molar-refractivity contribution in [3.8, 4) is 5.75 Å². The second-order valence-corrected chi connectivity index (χ2v) is 7.06. The number of rotatable bonds is 4. The first-order chi connectivity index (χ1) is 13.2. The molecule has 0 radical (unpaired) electrons. The minimum absolute atomic E-state index is 0.0844. The Morgan fingerprint density at radius 3 is 2.67 bits per heavy atom. The molecule has 1 atom stereocenters. The van der Waals surface area contributed by atoms with Gasteiger partial charge < -0.3 is 19.1 Å². The predicted octanol–water partition coefficient (Wildman–Crippen LogP) is 2.08. The van der Waals surface area contributed by atoms with E-state index in [2.05, 4.69) is 29.2 Å². The van der Waals surface area contributed by atoms with Gasteiger partial charge in [-0.05, 0) is 34.5 Å². The lowest BCUT2D eigenvalue weighted by molar-refractivity contribution is -0.141. The first-order valence-electron chi connectivity index (χ1n) is 9.50. The molecule has 2 aliphatic rings. The first kappa shape index (κ1) is 18.2. The summed E-state index contributed by atoms with van der Waals surface area (Å²) in [5, 5.41) is 2.28. The van der Waals surface area contributed by atoms with Crippen molar-refractivity contribution in [3.63, 3.8) is 0 Å². The molecule has 0 spiro atoms. The van der Waals surface area contributed by atoms with Gasteiger partial charge >= 0.3 is 0 Å². The van der Waals surface area contributed by atoms with Gasteiger partial charge in [0, 0.05) is 19.6 Å². The average molecular weight is 370 g/mol. The van der Waals surface area contributed by atoms with Gasteiger partial charge in [-0.2, -0.15) is 0 Å². The maximum absolute atomic E-state index is 12.7. The largest absolute Gasteiger partial charge is 0.497 e. The number of carbonyl (C=O) groups excluding carboxylic acids is 1. The Bertz CT molecular complexity index is 804. The van der Waals surface area contributed by atoms with E-state index in [1.165, 1.54) is 0 Å². The summed E-state index contributed by atoms with van der Waals surface area (Å²) in [6, 6.07) is 12.4. The van der Waals surface area contributed by atoms with E-state index in [1.54, 1.807) is 7.11 Å². The molecule has 27 heavy (non-hydrogen) atoms. The van der Waals surface area contributed by atoms with Crippen molar-refractivity contribution in [1.82, 2.24) is 9.80 Å². The van der Waals surface area contributed by atoms with Crippen LogP contribution in [0, 0.1) is 0 Å². The number of methoxy groups -OCH3 is 1. The summed E-state index contributed by atoms with van der Waals surface area (Å²) in [7, 11) is 1.67. The summed E-state index contributed by atoms with van der Waals surface area (Å²) < 4.78 is 16.6. The Kier molecular flexibility index (Phi) is 5.57. The minimum Gasteiger partial charge on any atom is -0.497 e. The van der Waals surface area contributed by atoms with Crippen molar-refractivity contribution in [2.45, 2.75) is 6.10 Å². The summed E-state index contributed by atoms with van der Waals surface area (Å²) in [6.45, 7) is 5.37. The SMILES string of the molecule is COc1ccc2cc([C@@H]3CN(C(=O)CN4CCOCC4)CCO3)ccc2c1. The van der Waals surface area contributed by atoms with Crippen LogP contribution in [0.4, 0.5) is 0 Å². The van der Waals surface area contributed by atoms with E-state index in [0.717, 1.165) is 35.2 Å². The minimum atomic E-state index is -0.0844. The van der Waals surface area contributed by atoms with Crippen LogP contribution in [-0.2, 0) is 14.3 Å². The van der Waals surface area contributed by atoms with E-state index in [4.69, 9.17) is 14.2 Å². The maximum atomic E-state index is 12.7. The average Bonchev–Trinajstić information content (AvgIpc) is 2.73. The Balaban J connectivity index is 1.44. The topological polar surface area (TPSA) is 51.2 Å². The number of nitrogens with zero attached hydrogens (tertiary/aromatic N) is 2. The fourth-order valence-corrected chi connectivity index (χ4v) is 3.70. The van der Waals surface area contributed by atoms with Gasteiger partial charge in [-0.1, -0.05) is 18.2 Å². The van der Waals surface area contributed by atoms with Gasteiger partial charge in [0.1, 0.15) is 11.9 Å². The highest BCUT2D eigenvalue weighted by atomic mass is 16.5. The quantitative estimate of drug-likeness (QED) is 0.825. The number of morpholine rings is 2. The smallest absolute Gasteiger partial charge is 0.236 e. The van der Waals surface area contributed by atoms with Gasteiger partial charge in [0.25, 0.3) is 0 Å². The fourth-order valence-electron chi connectivity index (χ4n) is 3.70. The molecule has 2 aliphatic heterocycles. The summed E-state index contributed by atoms with van der Waals surface area (Å²) >= 11 is 0. The molecule has 2 heterocycles. The van der Waals surface area contributed by atoms with Crippen molar-refractivity contribution in [1.29, 1.82) is 0 Å². The standard InChI is InChI=1S/C21H26N2O4/c1-25-19-5-4-16-12-18(3-2-17(16)13-19)20-14-23(8-11-27-20)21(24)15-22-6-9-26-10-7-22/h2-5,12-13,20H,6-11,14-15H2,1H3/t20-/m0/s1. The van der Waals surface area contributed by atoms with Crippen molar-refractivity contribution < 1.29 is 19.0 Å². The van der Waals surface area contributed by atoms with Crippen LogP contribution >= 0.6 is 0 Å². The van der Waals surface area contributed by atoms with Gasteiger partial charge in [0.05, 0.1) is 40.0 Å². The summed E-state index contributed by atoms with van der Waals surface area (Å²) in [6.07, 6.45) is -0.0844. The lowest BCUT2D eigenvalue weighted by Gasteiger charge is -2.35. The third-order valence-electron chi connectivity index (χ3n) is 5.32. The maximum Gasteiger partial charge on any atom is 0.236 e. The second kappa shape index (κ2) is 8.25. The van der Waals surface area contributed by atoms with Crippen molar-refractivity contribution in [3.05, 3.63) is 42.0 Å². The van der Waals surface area contributed by atoms with Crippen molar-refractivity contribution in [2.75, 3.05) is 59.7 Å². The van der Waals surface area contributed by atoms with Gasteiger partial charge in [-0.15, -0.1) is 0 Å². The third-order valence-corrected chi connectivity index (χ3v) is 5.32. The van der Waals surface area contributed by atoms with Crippen LogP contribution in [0.3, 0.4) is 0 Å². The molecular formula is C21H26N2O4. The molecule has 6 nitrogen and oxygen atoms in total. The Morgan fingerprint density at radius 2 is 1.85 bits per heavy atom. The monoisotopic (exact) mass is 370 g/mol. The van der Waals surface area contributed by atoms with E-state index < -0.39 is 0 Å². The molecule has 2 saturated heterocycles. The van der Waals surface area contributed by atoms with Gasteiger partial charge in [-0.25, -0.2) is 0 Å². The number of carbonyl (C=O) groups is 1. The molecule has 4 rings (SSSR count). The molecule has 0 aromatic heterocycles. The van der Waals surface area contributed by atoms with Crippen LogP contribution in [0.5, 0.6) is 5.75 Å². The van der Waals surface area contributed by atoms with Gasteiger partial charge in [-0.3, -0.25) is 9.69 Å². The number of amides is 1. The summed E-state index contributed by atoms with van der Waals surface area (Å²) in [5.41, 5.74) is 1.11. The van der Waals surface area contributed by atoms with Crippen molar-refractivity contribution >= 4 is 16.7 Å². The molecule has 1 amide bonds. The molecule has 0 bridgehead atoms. The summed E-state index contributed by atoms with van der Waals surface area (Å²) in [4.78, 5) is 16.8. The molecule has 144 valence electrons. The van der Waals surface area contributed by atoms with E-state index in [0.29, 0.717) is 39.5 Å². The number of ether oxygens (including phenoxy) is 3. The molecule has 2 aromatic rings. The zero-order valence-electron chi connectivity index (χ0n) is 15.7. The first-order valence-corrected chi connectivity index (χ1v) is 9.50. The number of hydrogen-bond acceptors (Lipinski definition) is 5.